The minimum atomic E-state index is -0.588. The number of carbonyl (C=O) groups excluding carboxylic acids is 3. The van der Waals surface area contributed by atoms with Crippen LogP contribution >= 0.6 is 0 Å². The number of carbonyl (C=O) groups is 3. The van der Waals surface area contributed by atoms with E-state index in [9.17, 15) is 14.4 Å². The van der Waals surface area contributed by atoms with Crippen LogP contribution in [-0.4, -0.2) is 62.7 Å². The van der Waals surface area contributed by atoms with Crippen LogP contribution in [0.2, 0.25) is 0 Å². The molecule has 0 aliphatic heterocycles. The van der Waals surface area contributed by atoms with Gasteiger partial charge < -0.3 is 14.5 Å². The molecule has 0 atom stereocenters. The second-order valence-corrected chi connectivity index (χ2v) is 10.6. The van der Waals surface area contributed by atoms with Crippen LogP contribution in [0.4, 0.5) is 0 Å². The van der Waals surface area contributed by atoms with Crippen LogP contribution in [0, 0.1) is 5.92 Å². The van der Waals surface area contributed by atoms with Gasteiger partial charge in [0.05, 0.1) is 18.2 Å². The summed E-state index contributed by atoms with van der Waals surface area (Å²) in [7, 11) is 1.84. The Balaban J connectivity index is 2.13. The Hall–Kier alpha value is -3.23. The predicted octanol–water partition coefficient (Wildman–Crippen LogP) is 2.71. The maximum absolute atomic E-state index is 13.3. The topological polar surface area (TPSA) is 88.6 Å². The summed E-state index contributed by atoms with van der Waals surface area (Å²) in [6.07, 6.45) is 2.19. The summed E-state index contributed by atoms with van der Waals surface area (Å²) in [4.78, 5) is 41.0. The Morgan fingerprint density at radius 2 is 1.69 bits per heavy atom. The average Bonchev–Trinajstić information content (AvgIpc) is 3.11. The number of hydrogen-bond donors (Lipinski definition) is 0. The van der Waals surface area contributed by atoms with Crippen LogP contribution < -0.4 is 4.68 Å². The summed E-state index contributed by atoms with van der Waals surface area (Å²) in [5, 5.41) is 4.54. The van der Waals surface area contributed by atoms with Crippen LogP contribution in [0.15, 0.2) is 36.5 Å². The molecule has 2 amide bonds. The fourth-order valence-corrected chi connectivity index (χ4v) is 3.82. The van der Waals surface area contributed by atoms with E-state index in [2.05, 4.69) is 5.21 Å². The van der Waals surface area contributed by atoms with Gasteiger partial charge in [0.2, 0.25) is 11.8 Å². The maximum atomic E-state index is 13.3. The largest absolute Gasteiger partial charge is 0.460 e. The summed E-state index contributed by atoms with van der Waals surface area (Å²) in [6.45, 7) is 13.1. The van der Waals surface area contributed by atoms with Gasteiger partial charge in [0.15, 0.2) is 11.9 Å². The van der Waals surface area contributed by atoms with E-state index in [0.717, 1.165) is 11.3 Å². The molecule has 0 fully saturated rings. The first-order valence-electron chi connectivity index (χ1n) is 12.6. The molecule has 2 rings (SSSR count). The Kier molecular flexibility index (Phi) is 10.6. The minimum Gasteiger partial charge on any atom is -0.460 e. The molecule has 9 heteroatoms. The van der Waals surface area contributed by atoms with Crippen LogP contribution in [0.25, 0.3) is 0 Å². The standard InChI is InChI=1S/C27H42N5O4/c1-21(2)17-30(22(3)33)15-13-25(34)31(16-14-26(35)36-27(4,5)6)19-24-20-32(28-29(24)7)18-23-11-9-8-10-12-23/h8-12,20-21H,13-19H2,1-7H3/q+1. The maximum Gasteiger partial charge on any atom is 0.308 e. The number of nitrogens with zero attached hydrogens (tertiary/aromatic N) is 5. The van der Waals surface area contributed by atoms with Gasteiger partial charge in [-0.15, -0.1) is 9.36 Å². The molecular formula is C27H42N5O4+. The van der Waals surface area contributed by atoms with Crippen LogP contribution in [0.1, 0.15) is 65.6 Å². The first-order valence-corrected chi connectivity index (χ1v) is 12.6. The van der Waals surface area contributed by atoms with Crippen molar-refractivity contribution in [1.82, 2.24) is 19.7 Å². The molecule has 0 saturated heterocycles. The molecule has 0 unspecified atom stereocenters. The lowest BCUT2D eigenvalue weighted by Crippen LogP contribution is -2.39. The Morgan fingerprint density at radius 3 is 2.28 bits per heavy atom. The fraction of sp³-hybridized carbons (Fsp3) is 0.593. The highest BCUT2D eigenvalue weighted by Gasteiger charge is 2.24. The van der Waals surface area contributed by atoms with Gasteiger partial charge >= 0.3 is 5.97 Å². The van der Waals surface area contributed by atoms with E-state index in [-0.39, 0.29) is 37.2 Å². The molecule has 0 aliphatic rings. The summed E-state index contributed by atoms with van der Waals surface area (Å²) < 4.78 is 9.02. The SMILES string of the molecule is CC(=O)N(CCC(=O)N(CCC(=O)OC(C)(C)C)Cc1c[n+](Cc2ccccc2)nn1C)CC(C)C. The molecule has 9 nitrogen and oxygen atoms in total. The Bertz CT molecular complexity index is 1010. The predicted molar refractivity (Wildman–Crippen MR) is 137 cm³/mol. The van der Waals surface area contributed by atoms with Crippen molar-refractivity contribution < 1.29 is 23.8 Å². The van der Waals surface area contributed by atoms with Gasteiger partial charge in [0.25, 0.3) is 0 Å². The third-order valence-corrected chi connectivity index (χ3v) is 5.49. The lowest BCUT2D eigenvalue weighted by molar-refractivity contribution is -0.747. The molecule has 2 aromatic rings. The number of amides is 2. The average molecular weight is 501 g/mol. The number of rotatable bonds is 12. The number of aryl methyl sites for hydroxylation is 1. The van der Waals surface area contributed by atoms with Gasteiger partial charge in [-0.1, -0.05) is 44.2 Å². The Morgan fingerprint density at radius 1 is 1.06 bits per heavy atom. The second-order valence-electron chi connectivity index (χ2n) is 10.6. The molecule has 0 saturated carbocycles. The molecule has 36 heavy (non-hydrogen) atoms. The molecule has 0 bridgehead atoms. The van der Waals surface area contributed by atoms with E-state index < -0.39 is 5.60 Å². The van der Waals surface area contributed by atoms with E-state index in [0.29, 0.717) is 32.1 Å². The van der Waals surface area contributed by atoms with Gasteiger partial charge in [-0.25, -0.2) is 0 Å². The fourth-order valence-electron chi connectivity index (χ4n) is 3.82. The number of aromatic nitrogens is 3. The number of benzene rings is 1. The van der Waals surface area contributed by atoms with E-state index in [1.165, 1.54) is 6.92 Å². The summed E-state index contributed by atoms with van der Waals surface area (Å²) >= 11 is 0. The number of esters is 1. The van der Waals surface area contributed by atoms with Gasteiger partial charge in [-0.2, -0.15) is 0 Å². The summed E-state index contributed by atoms with van der Waals surface area (Å²) in [5.41, 5.74) is 1.38. The van der Waals surface area contributed by atoms with E-state index in [4.69, 9.17) is 4.74 Å². The quantitative estimate of drug-likeness (QED) is 0.330. The highest BCUT2D eigenvalue weighted by Crippen LogP contribution is 2.11. The molecule has 1 aromatic carbocycles. The lowest BCUT2D eigenvalue weighted by Gasteiger charge is -2.26. The Labute approximate surface area is 215 Å². The van der Waals surface area contributed by atoms with Gasteiger partial charge in [-0.3, -0.25) is 14.4 Å². The molecule has 0 aliphatic carbocycles. The van der Waals surface area contributed by atoms with E-state index in [1.54, 1.807) is 14.5 Å². The highest BCUT2D eigenvalue weighted by atomic mass is 16.6. The first-order chi connectivity index (χ1) is 16.8. The van der Waals surface area contributed by atoms with Crippen molar-refractivity contribution in [3.8, 4) is 0 Å². The van der Waals surface area contributed by atoms with Crippen molar-refractivity contribution >= 4 is 17.8 Å². The zero-order chi connectivity index (χ0) is 26.9. The third-order valence-electron chi connectivity index (χ3n) is 5.49. The minimum absolute atomic E-state index is 0.0506. The smallest absolute Gasteiger partial charge is 0.308 e. The normalized spacial score (nSPS) is 11.4. The summed E-state index contributed by atoms with van der Waals surface area (Å²) in [6, 6.07) is 10.0. The van der Waals surface area contributed by atoms with Crippen molar-refractivity contribution in [2.75, 3.05) is 19.6 Å². The highest BCUT2D eigenvalue weighted by molar-refractivity contribution is 5.79. The molecule has 198 valence electrons. The zero-order valence-corrected chi connectivity index (χ0v) is 22.9. The molecule has 0 radical (unpaired) electrons. The van der Waals surface area contributed by atoms with Crippen molar-refractivity contribution in [3.05, 3.63) is 47.8 Å². The van der Waals surface area contributed by atoms with Crippen LogP contribution in [-0.2, 0) is 39.3 Å². The second kappa shape index (κ2) is 13.2. The van der Waals surface area contributed by atoms with Crippen molar-refractivity contribution in [1.29, 1.82) is 0 Å². The monoisotopic (exact) mass is 500 g/mol. The van der Waals surface area contributed by atoms with Crippen molar-refractivity contribution in [3.63, 3.8) is 0 Å². The van der Waals surface area contributed by atoms with Crippen molar-refractivity contribution in [2.45, 2.75) is 73.1 Å². The molecule has 1 heterocycles. The van der Waals surface area contributed by atoms with E-state index in [1.807, 2.05) is 82.9 Å². The number of ether oxygens (including phenoxy) is 1. The van der Waals surface area contributed by atoms with Crippen molar-refractivity contribution in [2.24, 2.45) is 13.0 Å². The zero-order valence-electron chi connectivity index (χ0n) is 22.9. The van der Waals surface area contributed by atoms with Gasteiger partial charge in [0, 0.05) is 33.0 Å². The first kappa shape index (κ1) is 29.0. The molecule has 0 spiro atoms. The van der Waals surface area contributed by atoms with Crippen LogP contribution in [0.3, 0.4) is 0 Å². The van der Waals surface area contributed by atoms with E-state index >= 15 is 0 Å². The van der Waals surface area contributed by atoms with Gasteiger partial charge in [0.1, 0.15) is 19.2 Å². The lowest BCUT2D eigenvalue weighted by atomic mass is 10.2. The molecule has 0 N–H and O–H groups in total. The molecular weight excluding hydrogens is 458 g/mol. The summed E-state index contributed by atoms with van der Waals surface area (Å²) in [5.74, 6) is -0.217. The van der Waals surface area contributed by atoms with Crippen LogP contribution in [0.5, 0.6) is 0 Å². The molecule has 1 aromatic heterocycles. The van der Waals surface area contributed by atoms with Gasteiger partial charge in [-0.05, 0) is 32.3 Å². The number of hydrogen-bond acceptors (Lipinski definition) is 5. The third kappa shape index (κ3) is 10.2.